The molecule has 2 nitrogen and oxygen atoms in total. The molecule has 1 fully saturated rings. The quantitative estimate of drug-likeness (QED) is 0.800. The molecule has 1 aromatic rings. The third kappa shape index (κ3) is 2.40. The van der Waals surface area contributed by atoms with Crippen molar-refractivity contribution >= 4 is 5.82 Å². The van der Waals surface area contributed by atoms with Crippen molar-refractivity contribution in [3.63, 3.8) is 0 Å². The zero-order valence-corrected chi connectivity index (χ0v) is 12.0. The zero-order chi connectivity index (χ0) is 14.2. The van der Waals surface area contributed by atoms with Crippen molar-refractivity contribution in [1.82, 2.24) is 4.98 Å². The maximum atomic E-state index is 14.3. The fourth-order valence-electron chi connectivity index (χ4n) is 3.75. The van der Waals surface area contributed by atoms with Gasteiger partial charge in [0.05, 0.1) is 5.56 Å². The smallest absolute Gasteiger partial charge is 0.276 e. The van der Waals surface area contributed by atoms with Crippen molar-refractivity contribution in [2.45, 2.75) is 57.4 Å². The molecule has 0 amide bonds. The summed E-state index contributed by atoms with van der Waals surface area (Å²) in [6.45, 7) is 3.07. The van der Waals surface area contributed by atoms with Crippen LogP contribution in [-0.2, 0) is 5.92 Å². The van der Waals surface area contributed by atoms with E-state index in [2.05, 4.69) is 16.8 Å². The van der Waals surface area contributed by atoms with E-state index in [9.17, 15) is 8.78 Å². The number of anilines is 1. The number of alkyl halides is 2. The number of hydrogen-bond donors (Lipinski definition) is 0. The first-order valence-corrected chi connectivity index (χ1v) is 7.72. The molecule has 4 heteroatoms. The van der Waals surface area contributed by atoms with Crippen molar-refractivity contribution in [3.8, 4) is 0 Å². The summed E-state index contributed by atoms with van der Waals surface area (Å²) in [5, 5.41) is 0. The largest absolute Gasteiger partial charge is 0.353 e. The molecule has 0 aliphatic carbocycles. The van der Waals surface area contributed by atoms with Gasteiger partial charge in [0.1, 0.15) is 5.82 Å². The molecule has 110 valence electrons. The Bertz CT molecular complexity index is 475. The first-order valence-electron chi connectivity index (χ1n) is 7.72. The Kier molecular flexibility index (Phi) is 3.65. The topological polar surface area (TPSA) is 16.1 Å². The summed E-state index contributed by atoms with van der Waals surface area (Å²) in [5.74, 6) is -1.52. The number of rotatable bonds is 2. The van der Waals surface area contributed by atoms with Gasteiger partial charge in [-0.1, -0.05) is 19.8 Å². The van der Waals surface area contributed by atoms with Crippen LogP contribution in [-0.4, -0.2) is 17.6 Å². The lowest BCUT2D eigenvalue weighted by atomic mass is 9.86. The van der Waals surface area contributed by atoms with Crippen LogP contribution in [0.1, 0.15) is 51.0 Å². The van der Waals surface area contributed by atoms with Crippen LogP contribution in [0.15, 0.2) is 18.3 Å². The van der Waals surface area contributed by atoms with Crippen LogP contribution in [0.2, 0.25) is 0 Å². The van der Waals surface area contributed by atoms with Gasteiger partial charge in [-0.2, -0.15) is 0 Å². The highest BCUT2D eigenvalue weighted by atomic mass is 19.3. The Labute approximate surface area is 119 Å². The maximum Gasteiger partial charge on any atom is 0.276 e. The van der Waals surface area contributed by atoms with E-state index in [-0.39, 0.29) is 18.0 Å². The van der Waals surface area contributed by atoms with E-state index in [4.69, 9.17) is 0 Å². The van der Waals surface area contributed by atoms with Gasteiger partial charge in [0, 0.05) is 25.2 Å². The Morgan fingerprint density at radius 3 is 3.05 bits per heavy atom. The van der Waals surface area contributed by atoms with Gasteiger partial charge in [-0.25, -0.2) is 13.8 Å². The van der Waals surface area contributed by atoms with Crippen molar-refractivity contribution < 1.29 is 8.78 Å². The summed E-state index contributed by atoms with van der Waals surface area (Å²) in [7, 11) is 0. The highest BCUT2D eigenvalue weighted by Crippen LogP contribution is 2.45. The van der Waals surface area contributed by atoms with Crippen LogP contribution in [0.3, 0.4) is 0 Å². The minimum absolute atomic E-state index is 0.0499. The fourth-order valence-corrected chi connectivity index (χ4v) is 3.75. The molecule has 0 bridgehead atoms. The Morgan fingerprint density at radius 2 is 2.25 bits per heavy atom. The molecule has 0 N–H and O–H groups in total. The molecule has 2 aliphatic heterocycles. The first kappa shape index (κ1) is 13.8. The van der Waals surface area contributed by atoms with E-state index in [0.717, 1.165) is 19.4 Å². The van der Waals surface area contributed by atoms with Gasteiger partial charge in [0.2, 0.25) is 0 Å². The van der Waals surface area contributed by atoms with Crippen LogP contribution < -0.4 is 4.90 Å². The summed E-state index contributed by atoms with van der Waals surface area (Å²) in [4.78, 5) is 6.42. The van der Waals surface area contributed by atoms with Gasteiger partial charge in [-0.05, 0) is 37.3 Å². The van der Waals surface area contributed by atoms with Crippen molar-refractivity contribution in [2.24, 2.45) is 5.92 Å². The lowest BCUT2D eigenvalue weighted by Gasteiger charge is -2.39. The van der Waals surface area contributed by atoms with Crippen molar-refractivity contribution in [1.29, 1.82) is 0 Å². The van der Waals surface area contributed by atoms with Crippen LogP contribution in [0, 0.1) is 5.92 Å². The molecule has 3 heterocycles. The summed E-state index contributed by atoms with van der Waals surface area (Å²) in [5.41, 5.74) is 0.122. The molecule has 0 spiro atoms. The van der Waals surface area contributed by atoms with E-state index < -0.39 is 5.92 Å². The standard InChI is InChI=1S/C16H22F2N2/c1-2-4-12-7-10-20-13(11-12)6-8-16(17,18)14-5-3-9-19-15(14)20/h3,5,9,12-13H,2,4,6-8,10-11H2,1H3/t12?,13-/m1/s1. The summed E-state index contributed by atoms with van der Waals surface area (Å²) in [6, 6.07) is 3.40. The third-order valence-electron chi connectivity index (χ3n) is 4.77. The second-order valence-electron chi connectivity index (χ2n) is 6.14. The number of aromatic nitrogens is 1. The van der Waals surface area contributed by atoms with Crippen LogP contribution in [0.5, 0.6) is 0 Å². The number of fused-ring (bicyclic) bond motifs is 3. The molecular weight excluding hydrogens is 258 g/mol. The van der Waals surface area contributed by atoms with Crippen LogP contribution in [0.25, 0.3) is 0 Å². The van der Waals surface area contributed by atoms with Gasteiger partial charge in [0.25, 0.3) is 5.92 Å². The number of nitrogens with zero attached hydrogens (tertiary/aromatic N) is 2. The van der Waals surface area contributed by atoms with Gasteiger partial charge < -0.3 is 4.90 Å². The van der Waals surface area contributed by atoms with E-state index in [1.807, 2.05) is 0 Å². The molecule has 20 heavy (non-hydrogen) atoms. The van der Waals surface area contributed by atoms with Gasteiger partial charge >= 0.3 is 0 Å². The molecule has 1 saturated heterocycles. The van der Waals surface area contributed by atoms with E-state index in [1.54, 1.807) is 18.3 Å². The van der Waals surface area contributed by atoms with Crippen molar-refractivity contribution in [2.75, 3.05) is 11.4 Å². The highest BCUT2D eigenvalue weighted by Gasteiger charge is 2.42. The minimum Gasteiger partial charge on any atom is -0.353 e. The van der Waals surface area contributed by atoms with Gasteiger partial charge in [-0.15, -0.1) is 0 Å². The lowest BCUT2D eigenvalue weighted by Crippen LogP contribution is -2.42. The zero-order valence-electron chi connectivity index (χ0n) is 12.0. The SMILES string of the molecule is CCCC1CCN2c3ncccc3C(F)(F)CC[C@@H]2C1. The normalized spacial score (nSPS) is 28.4. The molecule has 3 rings (SSSR count). The molecule has 2 aliphatic rings. The van der Waals surface area contributed by atoms with Crippen LogP contribution >= 0.6 is 0 Å². The van der Waals surface area contributed by atoms with Gasteiger partial charge in [-0.3, -0.25) is 0 Å². The number of halogens is 2. The summed E-state index contributed by atoms with van der Waals surface area (Å²) >= 11 is 0. The van der Waals surface area contributed by atoms with Crippen LogP contribution in [0.4, 0.5) is 14.6 Å². The molecule has 1 unspecified atom stereocenters. The monoisotopic (exact) mass is 280 g/mol. The fraction of sp³-hybridized carbons (Fsp3) is 0.688. The lowest BCUT2D eigenvalue weighted by molar-refractivity contribution is -0.0143. The first-order chi connectivity index (χ1) is 9.62. The van der Waals surface area contributed by atoms with Crippen molar-refractivity contribution in [3.05, 3.63) is 23.9 Å². The predicted molar refractivity (Wildman–Crippen MR) is 76.1 cm³/mol. The van der Waals surface area contributed by atoms with E-state index in [0.29, 0.717) is 18.2 Å². The summed E-state index contributed by atoms with van der Waals surface area (Å²) < 4.78 is 28.6. The molecule has 0 aromatic carbocycles. The molecule has 1 aromatic heterocycles. The summed E-state index contributed by atoms with van der Waals surface area (Å²) in [6.07, 6.45) is 6.70. The van der Waals surface area contributed by atoms with E-state index >= 15 is 0 Å². The minimum atomic E-state index is -2.73. The molecular formula is C16H22F2N2. The second-order valence-corrected chi connectivity index (χ2v) is 6.14. The second kappa shape index (κ2) is 5.30. The number of piperidine rings is 1. The average Bonchev–Trinajstić information content (AvgIpc) is 2.56. The Morgan fingerprint density at radius 1 is 1.40 bits per heavy atom. The van der Waals surface area contributed by atoms with E-state index in [1.165, 1.54) is 12.8 Å². The Balaban J connectivity index is 1.91. The molecule has 0 saturated carbocycles. The maximum absolute atomic E-state index is 14.3. The average molecular weight is 280 g/mol. The van der Waals surface area contributed by atoms with Gasteiger partial charge in [0.15, 0.2) is 0 Å². The number of hydrogen-bond acceptors (Lipinski definition) is 2. The Hall–Kier alpha value is -1.19. The predicted octanol–water partition coefficient (Wildman–Crippen LogP) is 4.35. The third-order valence-corrected chi connectivity index (χ3v) is 4.77. The number of pyridine rings is 1. The molecule has 2 atom stereocenters. The highest BCUT2D eigenvalue weighted by molar-refractivity contribution is 5.51. The molecule has 0 radical (unpaired) electrons.